The molecule has 1 atom stereocenters. The molecule has 0 radical (unpaired) electrons. The highest BCUT2D eigenvalue weighted by atomic mass is 35.5. The van der Waals surface area contributed by atoms with Gasteiger partial charge in [-0.25, -0.2) is 14.6 Å². The predicted molar refractivity (Wildman–Crippen MR) is 95.8 cm³/mol. The topological polar surface area (TPSA) is 94.0 Å². The first kappa shape index (κ1) is 18.8. The van der Waals surface area contributed by atoms with Crippen molar-refractivity contribution in [2.45, 2.75) is 24.0 Å². The van der Waals surface area contributed by atoms with E-state index in [1.54, 1.807) is 24.9 Å². The molecular weight excluding hydrogens is 352 g/mol. The summed E-state index contributed by atoms with van der Waals surface area (Å²) in [6.45, 7) is 3.79. The number of ether oxygens (including phenoxy) is 1. The van der Waals surface area contributed by atoms with Crippen LogP contribution < -0.4 is 10.6 Å². The third kappa shape index (κ3) is 4.71. The number of carbonyl (C=O) groups is 1. The van der Waals surface area contributed by atoms with E-state index in [2.05, 4.69) is 25.7 Å². The van der Waals surface area contributed by atoms with Gasteiger partial charge in [0.25, 0.3) is 0 Å². The summed E-state index contributed by atoms with van der Waals surface area (Å²) in [5.74, 6) is 0.528. The predicted octanol–water partition coefficient (Wildman–Crippen LogP) is 1.35. The zero-order valence-corrected chi connectivity index (χ0v) is 15.4. The van der Waals surface area contributed by atoms with Crippen LogP contribution in [0.5, 0.6) is 0 Å². The molecule has 8 nitrogen and oxygen atoms in total. The molecular formula is C14H21ClN6O2S. The lowest BCUT2D eigenvalue weighted by molar-refractivity contribution is -0.120. The lowest BCUT2D eigenvalue weighted by Gasteiger charge is -2.09. The van der Waals surface area contributed by atoms with E-state index >= 15 is 0 Å². The molecule has 0 spiro atoms. The van der Waals surface area contributed by atoms with Gasteiger partial charge in [0.15, 0.2) is 10.8 Å². The summed E-state index contributed by atoms with van der Waals surface area (Å²) in [6.07, 6.45) is 3.64. The van der Waals surface area contributed by atoms with Crippen LogP contribution in [0.15, 0.2) is 11.4 Å². The Morgan fingerprint density at radius 3 is 2.92 bits per heavy atom. The molecule has 2 aromatic heterocycles. The average molecular weight is 373 g/mol. The summed E-state index contributed by atoms with van der Waals surface area (Å²) in [5, 5.41) is 11.3. The van der Waals surface area contributed by atoms with Crippen molar-refractivity contribution in [2.75, 3.05) is 38.4 Å². The number of alkyl halides is 1. The van der Waals surface area contributed by atoms with Crippen LogP contribution in [0.25, 0.3) is 11.0 Å². The third-order valence-electron chi connectivity index (χ3n) is 3.24. The van der Waals surface area contributed by atoms with Crippen molar-refractivity contribution >= 4 is 46.1 Å². The summed E-state index contributed by atoms with van der Waals surface area (Å²) in [5.41, 5.74) is 0.724. The van der Waals surface area contributed by atoms with Gasteiger partial charge in [0.05, 0.1) is 24.7 Å². The number of nitrogens with one attached hydrogen (secondary N) is 2. The number of amides is 1. The molecule has 0 aromatic carbocycles. The number of halogens is 1. The van der Waals surface area contributed by atoms with Crippen molar-refractivity contribution in [1.82, 2.24) is 25.1 Å². The fourth-order valence-electron chi connectivity index (χ4n) is 2.02. The molecule has 0 saturated carbocycles. The van der Waals surface area contributed by atoms with Crippen molar-refractivity contribution in [3.05, 3.63) is 6.20 Å². The monoisotopic (exact) mass is 372 g/mol. The molecule has 1 unspecified atom stereocenters. The summed E-state index contributed by atoms with van der Waals surface area (Å²) in [6, 6.07) is 0. The number of hydrogen-bond acceptors (Lipinski definition) is 7. The number of carbonyl (C=O) groups excluding carboxylic acids is 1. The molecule has 0 aliphatic heterocycles. The van der Waals surface area contributed by atoms with Crippen molar-refractivity contribution in [1.29, 1.82) is 0 Å². The lowest BCUT2D eigenvalue weighted by atomic mass is 10.4. The van der Waals surface area contributed by atoms with Crippen LogP contribution in [0.2, 0.25) is 0 Å². The van der Waals surface area contributed by atoms with Crippen LogP contribution in [0.4, 0.5) is 5.82 Å². The van der Waals surface area contributed by atoms with E-state index in [1.165, 1.54) is 11.8 Å². The molecule has 0 fully saturated rings. The normalized spacial score (nSPS) is 12.3. The van der Waals surface area contributed by atoms with Crippen LogP contribution in [0.1, 0.15) is 6.92 Å². The Hall–Kier alpha value is -1.58. The van der Waals surface area contributed by atoms with Crippen molar-refractivity contribution in [3.8, 4) is 0 Å². The molecule has 1 amide bonds. The fraction of sp³-hybridized carbons (Fsp3) is 0.571. The van der Waals surface area contributed by atoms with Gasteiger partial charge >= 0.3 is 0 Å². The maximum atomic E-state index is 11.5. The van der Waals surface area contributed by atoms with E-state index < -0.39 is 5.38 Å². The molecule has 2 heterocycles. The van der Waals surface area contributed by atoms with Crippen LogP contribution in [0, 0.1) is 0 Å². The fourth-order valence-corrected chi connectivity index (χ4v) is 2.46. The molecule has 2 rings (SSSR count). The second-order valence-electron chi connectivity index (χ2n) is 4.99. The highest BCUT2D eigenvalue weighted by molar-refractivity contribution is 7.98. The van der Waals surface area contributed by atoms with Crippen molar-refractivity contribution in [2.24, 2.45) is 0 Å². The van der Waals surface area contributed by atoms with E-state index in [0.29, 0.717) is 31.4 Å². The molecule has 24 heavy (non-hydrogen) atoms. The first-order valence-corrected chi connectivity index (χ1v) is 9.15. The largest absolute Gasteiger partial charge is 0.383 e. The highest BCUT2D eigenvalue weighted by Gasteiger charge is 2.13. The molecule has 0 aliphatic carbocycles. The first-order chi connectivity index (χ1) is 11.6. The number of methoxy groups -OCH3 is 1. The van der Waals surface area contributed by atoms with E-state index in [9.17, 15) is 4.79 Å². The van der Waals surface area contributed by atoms with Gasteiger partial charge in [0.2, 0.25) is 5.91 Å². The second kappa shape index (κ2) is 9.05. The minimum Gasteiger partial charge on any atom is -0.383 e. The second-order valence-corrected chi connectivity index (χ2v) is 6.42. The molecule has 0 bridgehead atoms. The first-order valence-electron chi connectivity index (χ1n) is 7.49. The number of thioether (sulfide) groups is 1. The zero-order valence-electron chi connectivity index (χ0n) is 13.9. The number of fused-ring (bicyclic) bond motifs is 1. The minimum absolute atomic E-state index is 0.200. The van der Waals surface area contributed by atoms with Gasteiger partial charge < -0.3 is 15.4 Å². The van der Waals surface area contributed by atoms with E-state index in [-0.39, 0.29) is 5.91 Å². The van der Waals surface area contributed by atoms with Crippen LogP contribution in [-0.2, 0) is 16.1 Å². The standard InChI is InChI=1S/C14H21ClN6O2S/c1-9(15)13(22)17-4-6-21-12-10(8-18-21)11(16-5-7-23-2)19-14(20-12)24-3/h8-9H,4-7H2,1-3H3,(H,17,22)(H,16,19,20). The number of rotatable bonds is 9. The van der Waals surface area contributed by atoms with Crippen LogP contribution in [-0.4, -0.2) is 64.1 Å². The van der Waals surface area contributed by atoms with Crippen LogP contribution in [0.3, 0.4) is 0 Å². The lowest BCUT2D eigenvalue weighted by Crippen LogP contribution is -2.32. The maximum Gasteiger partial charge on any atom is 0.237 e. The summed E-state index contributed by atoms with van der Waals surface area (Å²) in [7, 11) is 1.65. The van der Waals surface area contributed by atoms with Crippen LogP contribution >= 0.6 is 23.4 Å². The van der Waals surface area contributed by atoms with Crippen molar-refractivity contribution < 1.29 is 9.53 Å². The van der Waals surface area contributed by atoms with Gasteiger partial charge in [-0.1, -0.05) is 11.8 Å². The zero-order chi connectivity index (χ0) is 17.5. The molecule has 132 valence electrons. The number of anilines is 1. The molecule has 2 aromatic rings. The van der Waals surface area contributed by atoms with Gasteiger partial charge in [-0.3, -0.25) is 4.79 Å². The average Bonchev–Trinajstić information content (AvgIpc) is 2.98. The SMILES string of the molecule is COCCNc1nc(SC)nc2c1cnn2CCNC(=O)C(C)Cl. The summed E-state index contributed by atoms with van der Waals surface area (Å²) < 4.78 is 6.80. The van der Waals surface area contributed by atoms with Gasteiger partial charge in [-0.15, -0.1) is 11.6 Å². The van der Waals surface area contributed by atoms with E-state index in [4.69, 9.17) is 16.3 Å². The Balaban J connectivity index is 2.16. The molecule has 10 heteroatoms. The molecule has 2 N–H and O–H groups in total. The number of aromatic nitrogens is 4. The quantitative estimate of drug-likeness (QED) is 0.297. The Morgan fingerprint density at radius 1 is 1.46 bits per heavy atom. The van der Waals surface area contributed by atoms with Gasteiger partial charge in [-0.05, 0) is 13.2 Å². The molecule has 0 aliphatic rings. The highest BCUT2D eigenvalue weighted by Crippen LogP contribution is 2.23. The third-order valence-corrected chi connectivity index (χ3v) is 3.99. The summed E-state index contributed by atoms with van der Waals surface area (Å²) in [4.78, 5) is 20.5. The maximum absolute atomic E-state index is 11.5. The Morgan fingerprint density at radius 2 is 2.25 bits per heavy atom. The molecule has 0 saturated heterocycles. The van der Waals surface area contributed by atoms with Gasteiger partial charge in [0, 0.05) is 20.2 Å². The van der Waals surface area contributed by atoms with E-state index in [0.717, 1.165) is 16.9 Å². The van der Waals surface area contributed by atoms with Gasteiger partial charge in [0.1, 0.15) is 11.2 Å². The Kier molecular flexibility index (Phi) is 7.07. The van der Waals surface area contributed by atoms with Crippen molar-refractivity contribution in [3.63, 3.8) is 0 Å². The number of nitrogens with zero attached hydrogens (tertiary/aromatic N) is 4. The Bertz CT molecular complexity index is 693. The summed E-state index contributed by atoms with van der Waals surface area (Å²) >= 11 is 7.19. The van der Waals surface area contributed by atoms with Gasteiger partial charge in [-0.2, -0.15) is 5.10 Å². The minimum atomic E-state index is -0.554. The smallest absolute Gasteiger partial charge is 0.237 e. The Labute approximate surface area is 149 Å². The number of hydrogen-bond donors (Lipinski definition) is 2. The van der Waals surface area contributed by atoms with E-state index in [1.807, 2.05) is 6.26 Å².